The normalized spacial score (nSPS) is 34.0. The van der Waals surface area contributed by atoms with Gasteiger partial charge in [-0.15, -0.1) is 0 Å². The van der Waals surface area contributed by atoms with Crippen molar-refractivity contribution in [1.29, 1.82) is 0 Å². The van der Waals surface area contributed by atoms with Gasteiger partial charge in [-0.25, -0.2) is 0 Å². The lowest BCUT2D eigenvalue weighted by atomic mass is 9.93. The van der Waals surface area contributed by atoms with Crippen LogP contribution in [0.4, 0.5) is 0 Å². The summed E-state index contributed by atoms with van der Waals surface area (Å²) in [5, 5.41) is 12.6. The molecule has 20 heavy (non-hydrogen) atoms. The fourth-order valence-electron chi connectivity index (χ4n) is 3.39. The number of nitrogens with one attached hydrogen (secondary N) is 1. The van der Waals surface area contributed by atoms with Crippen LogP contribution in [0.1, 0.15) is 51.4 Å². The molecule has 2 N–H and O–H groups in total. The number of likely N-dealkylation sites (tertiary alicyclic amines) is 1. The molecule has 5 nitrogen and oxygen atoms in total. The smallest absolute Gasteiger partial charge is 0.243 e. The van der Waals surface area contributed by atoms with Crippen LogP contribution in [0.5, 0.6) is 0 Å². The highest BCUT2D eigenvalue weighted by molar-refractivity contribution is 5.90. The highest BCUT2D eigenvalue weighted by Crippen LogP contribution is 2.33. The molecule has 3 aliphatic rings. The number of amides is 2. The molecule has 2 saturated carbocycles. The Balaban J connectivity index is 1.54. The van der Waals surface area contributed by atoms with Gasteiger partial charge >= 0.3 is 0 Å². The van der Waals surface area contributed by atoms with Crippen LogP contribution in [0.2, 0.25) is 0 Å². The third-order valence-corrected chi connectivity index (χ3v) is 4.81. The van der Waals surface area contributed by atoms with Gasteiger partial charge in [0, 0.05) is 18.5 Å². The Bertz CT molecular complexity index is 387. The van der Waals surface area contributed by atoms with E-state index in [0.29, 0.717) is 0 Å². The van der Waals surface area contributed by atoms with Crippen molar-refractivity contribution < 1.29 is 14.7 Å². The van der Waals surface area contributed by atoms with Gasteiger partial charge in [-0.05, 0) is 51.4 Å². The zero-order valence-electron chi connectivity index (χ0n) is 11.9. The van der Waals surface area contributed by atoms with Gasteiger partial charge in [0.1, 0.15) is 6.04 Å². The Kier molecular flexibility index (Phi) is 3.96. The monoisotopic (exact) mass is 280 g/mol. The van der Waals surface area contributed by atoms with Crippen LogP contribution in [0.15, 0.2) is 0 Å². The summed E-state index contributed by atoms with van der Waals surface area (Å²) in [4.78, 5) is 26.4. The number of hydrogen-bond acceptors (Lipinski definition) is 3. The van der Waals surface area contributed by atoms with Gasteiger partial charge in [-0.3, -0.25) is 9.59 Å². The van der Waals surface area contributed by atoms with E-state index in [1.54, 1.807) is 4.90 Å². The van der Waals surface area contributed by atoms with Gasteiger partial charge in [0.05, 0.1) is 6.10 Å². The molecule has 0 aromatic carbocycles. The Labute approximate surface area is 119 Å². The molecule has 0 radical (unpaired) electrons. The number of carbonyl (C=O) groups is 2. The van der Waals surface area contributed by atoms with Crippen LogP contribution in [-0.4, -0.2) is 46.6 Å². The van der Waals surface area contributed by atoms with E-state index < -0.39 is 0 Å². The molecule has 1 unspecified atom stereocenters. The summed E-state index contributed by atoms with van der Waals surface area (Å²) in [6.45, 7) is 0.733. The van der Waals surface area contributed by atoms with Crippen LogP contribution >= 0.6 is 0 Å². The Morgan fingerprint density at radius 2 is 1.70 bits per heavy atom. The van der Waals surface area contributed by atoms with Crippen molar-refractivity contribution >= 4 is 11.8 Å². The Hall–Kier alpha value is -1.10. The van der Waals surface area contributed by atoms with E-state index in [4.69, 9.17) is 0 Å². The van der Waals surface area contributed by atoms with E-state index in [1.165, 1.54) is 0 Å². The van der Waals surface area contributed by atoms with Crippen LogP contribution in [0, 0.1) is 5.92 Å². The first kappa shape index (κ1) is 13.9. The molecule has 0 spiro atoms. The van der Waals surface area contributed by atoms with Crippen molar-refractivity contribution in [2.45, 2.75) is 69.6 Å². The van der Waals surface area contributed by atoms with Crippen molar-refractivity contribution in [3.05, 3.63) is 0 Å². The van der Waals surface area contributed by atoms with Gasteiger partial charge in [0.2, 0.25) is 11.8 Å². The average Bonchev–Trinajstić information content (AvgIpc) is 3.17. The molecule has 1 saturated heterocycles. The number of aliphatic hydroxyl groups is 1. The predicted molar refractivity (Wildman–Crippen MR) is 73.9 cm³/mol. The fourth-order valence-corrected chi connectivity index (χ4v) is 3.39. The first-order valence-electron chi connectivity index (χ1n) is 7.94. The number of nitrogens with zero attached hydrogens (tertiary/aromatic N) is 1. The van der Waals surface area contributed by atoms with Crippen LogP contribution in [0.3, 0.4) is 0 Å². The minimum absolute atomic E-state index is 0.0119. The molecule has 3 rings (SSSR count). The van der Waals surface area contributed by atoms with E-state index in [-0.39, 0.29) is 35.9 Å². The topological polar surface area (TPSA) is 69.6 Å². The molecule has 112 valence electrons. The molecule has 3 fully saturated rings. The molecule has 0 bridgehead atoms. The van der Waals surface area contributed by atoms with Crippen LogP contribution in [-0.2, 0) is 9.59 Å². The summed E-state index contributed by atoms with van der Waals surface area (Å²) in [5.74, 6) is 0.382. The van der Waals surface area contributed by atoms with Crippen molar-refractivity contribution in [3.63, 3.8) is 0 Å². The number of aliphatic hydroxyl groups excluding tert-OH is 1. The van der Waals surface area contributed by atoms with Gasteiger partial charge in [-0.1, -0.05) is 0 Å². The van der Waals surface area contributed by atoms with Gasteiger partial charge < -0.3 is 15.3 Å². The molecule has 5 heteroatoms. The van der Waals surface area contributed by atoms with Crippen molar-refractivity contribution in [1.82, 2.24) is 10.2 Å². The Morgan fingerprint density at radius 1 is 1.00 bits per heavy atom. The van der Waals surface area contributed by atoms with E-state index in [9.17, 15) is 14.7 Å². The number of carbonyl (C=O) groups excluding carboxylic acids is 2. The third kappa shape index (κ3) is 2.97. The van der Waals surface area contributed by atoms with E-state index in [1.807, 2.05) is 0 Å². The fraction of sp³-hybridized carbons (Fsp3) is 0.867. The molecular formula is C15H24N2O3. The summed E-state index contributed by atoms with van der Waals surface area (Å²) in [6, 6.07) is -0.0840. The standard InChI is InChI=1S/C15H24N2O3/c18-12-7-5-11(6-8-12)16-14(19)13-2-1-9-17(13)15(20)10-3-4-10/h10-13,18H,1-9H2,(H,16,19). The average molecular weight is 280 g/mol. The van der Waals surface area contributed by atoms with Crippen molar-refractivity contribution in [2.75, 3.05) is 6.54 Å². The highest BCUT2D eigenvalue weighted by Gasteiger charge is 2.41. The van der Waals surface area contributed by atoms with E-state index in [0.717, 1.165) is 57.9 Å². The van der Waals surface area contributed by atoms with E-state index >= 15 is 0 Å². The zero-order chi connectivity index (χ0) is 14.1. The second kappa shape index (κ2) is 5.72. The summed E-state index contributed by atoms with van der Waals surface area (Å²) in [5.41, 5.74) is 0. The van der Waals surface area contributed by atoms with Crippen molar-refractivity contribution in [3.8, 4) is 0 Å². The molecular weight excluding hydrogens is 256 g/mol. The quantitative estimate of drug-likeness (QED) is 0.803. The molecule has 1 aliphatic heterocycles. The molecule has 0 aromatic rings. The first-order valence-corrected chi connectivity index (χ1v) is 7.94. The second-order valence-corrected chi connectivity index (χ2v) is 6.48. The lowest BCUT2D eigenvalue weighted by Crippen LogP contribution is -2.50. The number of rotatable bonds is 3. The maximum absolute atomic E-state index is 12.4. The summed E-state index contributed by atoms with van der Waals surface area (Å²) in [6.07, 6.45) is 6.71. The molecule has 2 aliphatic carbocycles. The maximum atomic E-state index is 12.4. The lowest BCUT2D eigenvalue weighted by Gasteiger charge is -2.29. The molecule has 1 atom stereocenters. The third-order valence-electron chi connectivity index (χ3n) is 4.81. The minimum Gasteiger partial charge on any atom is -0.393 e. The van der Waals surface area contributed by atoms with E-state index in [2.05, 4.69) is 5.32 Å². The second-order valence-electron chi connectivity index (χ2n) is 6.48. The van der Waals surface area contributed by atoms with Gasteiger partial charge in [0.25, 0.3) is 0 Å². The van der Waals surface area contributed by atoms with Crippen molar-refractivity contribution in [2.24, 2.45) is 5.92 Å². The number of hydrogen-bond donors (Lipinski definition) is 2. The molecule has 1 heterocycles. The first-order chi connectivity index (χ1) is 9.65. The Morgan fingerprint density at radius 3 is 2.35 bits per heavy atom. The highest BCUT2D eigenvalue weighted by atomic mass is 16.3. The largest absolute Gasteiger partial charge is 0.393 e. The summed E-state index contributed by atoms with van der Waals surface area (Å²) in [7, 11) is 0. The summed E-state index contributed by atoms with van der Waals surface area (Å²) < 4.78 is 0. The molecule has 0 aromatic heterocycles. The van der Waals surface area contributed by atoms with Gasteiger partial charge in [0.15, 0.2) is 0 Å². The predicted octanol–water partition coefficient (Wildman–Crippen LogP) is 0.807. The van der Waals surface area contributed by atoms with Gasteiger partial charge in [-0.2, -0.15) is 0 Å². The maximum Gasteiger partial charge on any atom is 0.243 e. The summed E-state index contributed by atoms with van der Waals surface area (Å²) >= 11 is 0. The zero-order valence-corrected chi connectivity index (χ0v) is 11.9. The lowest BCUT2D eigenvalue weighted by molar-refractivity contribution is -0.139. The SMILES string of the molecule is O=C(NC1CCC(O)CC1)C1CCCN1C(=O)C1CC1. The van der Waals surface area contributed by atoms with Crippen LogP contribution < -0.4 is 5.32 Å². The van der Waals surface area contributed by atoms with Crippen LogP contribution in [0.25, 0.3) is 0 Å². The molecule has 2 amide bonds. The minimum atomic E-state index is -0.255.